The summed E-state index contributed by atoms with van der Waals surface area (Å²) in [7, 11) is 0. The van der Waals surface area contributed by atoms with Gasteiger partial charge in [-0.3, -0.25) is 4.98 Å². The highest BCUT2D eigenvalue weighted by atomic mass is 19.3. The third kappa shape index (κ3) is 4.60. The predicted octanol–water partition coefficient (Wildman–Crippen LogP) is 5.31. The van der Waals surface area contributed by atoms with Crippen LogP contribution in [0.15, 0.2) is 30.5 Å². The van der Waals surface area contributed by atoms with Gasteiger partial charge >= 0.3 is 0 Å². The molecule has 2 N–H and O–H groups in total. The minimum absolute atomic E-state index is 0.0450. The van der Waals surface area contributed by atoms with Gasteiger partial charge in [0.25, 0.3) is 12.9 Å². The van der Waals surface area contributed by atoms with Gasteiger partial charge in [-0.05, 0) is 48.9 Å². The Morgan fingerprint density at radius 1 is 1.11 bits per heavy atom. The van der Waals surface area contributed by atoms with Gasteiger partial charge in [-0.2, -0.15) is 0 Å². The minimum Gasteiger partial charge on any atom is -0.490 e. The summed E-state index contributed by atoms with van der Waals surface area (Å²) >= 11 is 0. The van der Waals surface area contributed by atoms with Gasteiger partial charge in [0.2, 0.25) is 0 Å². The first-order valence-electron chi connectivity index (χ1n) is 9.04. The highest BCUT2D eigenvalue weighted by Crippen LogP contribution is 2.42. The van der Waals surface area contributed by atoms with Crippen LogP contribution in [0.3, 0.4) is 0 Å². The van der Waals surface area contributed by atoms with E-state index in [2.05, 4.69) is 23.8 Å². The highest BCUT2D eigenvalue weighted by Gasteiger charge is 2.41. The maximum absolute atomic E-state index is 13.5. The van der Waals surface area contributed by atoms with Crippen LogP contribution in [0.1, 0.15) is 57.3 Å². The molecule has 0 bridgehead atoms. The van der Waals surface area contributed by atoms with E-state index in [1.54, 1.807) is 0 Å². The van der Waals surface area contributed by atoms with E-state index in [1.165, 1.54) is 24.4 Å². The lowest BCUT2D eigenvalue weighted by Crippen LogP contribution is -2.43. The Morgan fingerprint density at radius 2 is 1.86 bits per heavy atom. The molecule has 1 aliphatic carbocycles. The molecule has 0 spiro atoms. The van der Waals surface area contributed by atoms with E-state index in [1.807, 2.05) is 0 Å². The zero-order valence-electron chi connectivity index (χ0n) is 15.8. The second-order valence-corrected chi connectivity index (χ2v) is 8.14. The molecule has 2 aromatic heterocycles. The highest BCUT2D eigenvalue weighted by molar-refractivity contribution is 5.60. The molecule has 152 valence electrons. The first kappa shape index (κ1) is 20.5. The van der Waals surface area contributed by atoms with Crippen molar-refractivity contribution < 1.29 is 22.3 Å². The van der Waals surface area contributed by atoms with Crippen LogP contribution in [0.4, 0.5) is 17.6 Å². The second-order valence-electron chi connectivity index (χ2n) is 8.14. The van der Waals surface area contributed by atoms with E-state index >= 15 is 0 Å². The van der Waals surface area contributed by atoms with Crippen molar-refractivity contribution in [3.05, 3.63) is 41.9 Å². The van der Waals surface area contributed by atoms with E-state index in [9.17, 15) is 17.6 Å². The third-order valence-corrected chi connectivity index (χ3v) is 5.04. The fourth-order valence-corrected chi connectivity index (χ4v) is 3.69. The summed E-state index contributed by atoms with van der Waals surface area (Å²) in [5, 5.41) is 0. The van der Waals surface area contributed by atoms with Gasteiger partial charge in [0.1, 0.15) is 23.7 Å². The van der Waals surface area contributed by atoms with Gasteiger partial charge < -0.3 is 10.5 Å². The number of pyridine rings is 2. The molecule has 0 saturated heterocycles. The van der Waals surface area contributed by atoms with Crippen molar-refractivity contribution in [1.82, 2.24) is 9.97 Å². The summed E-state index contributed by atoms with van der Waals surface area (Å²) < 4.78 is 58.4. The number of rotatable bonds is 6. The molecule has 28 heavy (non-hydrogen) atoms. The van der Waals surface area contributed by atoms with E-state index in [-0.39, 0.29) is 29.0 Å². The Balaban J connectivity index is 1.83. The first-order valence-corrected chi connectivity index (χ1v) is 9.04. The van der Waals surface area contributed by atoms with Crippen LogP contribution < -0.4 is 10.5 Å². The van der Waals surface area contributed by atoms with Gasteiger partial charge in [0.15, 0.2) is 0 Å². The number of ether oxygens (including phenoxy) is 1. The number of hydrogen-bond donors (Lipinski definition) is 1. The van der Waals surface area contributed by atoms with Crippen molar-refractivity contribution in [3.8, 4) is 17.0 Å². The van der Waals surface area contributed by atoms with Crippen molar-refractivity contribution in [1.29, 1.82) is 0 Å². The smallest absolute Gasteiger partial charge is 0.284 e. The van der Waals surface area contributed by atoms with Crippen LogP contribution >= 0.6 is 0 Å². The lowest BCUT2D eigenvalue weighted by molar-refractivity contribution is 0.134. The van der Waals surface area contributed by atoms with Crippen molar-refractivity contribution in [2.45, 2.75) is 51.5 Å². The van der Waals surface area contributed by atoms with E-state index in [4.69, 9.17) is 10.5 Å². The van der Waals surface area contributed by atoms with Crippen LogP contribution in [-0.2, 0) is 0 Å². The Labute approximate surface area is 161 Å². The van der Waals surface area contributed by atoms with Crippen LogP contribution in [0.5, 0.6) is 5.75 Å². The maximum atomic E-state index is 13.5. The lowest BCUT2D eigenvalue weighted by Gasteiger charge is -2.27. The molecular weight excluding hydrogens is 374 g/mol. The Kier molecular flexibility index (Phi) is 5.61. The molecule has 1 saturated carbocycles. The van der Waals surface area contributed by atoms with Crippen molar-refractivity contribution >= 4 is 0 Å². The molecule has 2 aromatic rings. The van der Waals surface area contributed by atoms with Crippen LogP contribution in [0.25, 0.3) is 11.3 Å². The summed E-state index contributed by atoms with van der Waals surface area (Å²) in [6, 6.07) is 5.43. The summed E-state index contributed by atoms with van der Waals surface area (Å²) in [4.78, 5) is 7.52. The number of nitrogens with zero attached hydrogens (tertiary/aromatic N) is 2. The number of hydrogen-bond acceptors (Lipinski definition) is 4. The second kappa shape index (κ2) is 7.66. The van der Waals surface area contributed by atoms with Crippen LogP contribution in [-0.4, -0.2) is 22.1 Å². The molecule has 0 aliphatic heterocycles. The molecule has 1 aliphatic rings. The van der Waals surface area contributed by atoms with Crippen molar-refractivity contribution in [2.24, 2.45) is 11.1 Å². The third-order valence-electron chi connectivity index (χ3n) is 5.04. The maximum Gasteiger partial charge on any atom is 0.284 e. The Hall–Kier alpha value is -2.22. The number of alkyl halides is 4. The SMILES string of the molecule is CC1(C)CC[C@](N)(COc2ccc(-c3ccnc(C(F)F)c3)nc2C(F)F)C1. The molecule has 4 nitrogen and oxygen atoms in total. The summed E-state index contributed by atoms with van der Waals surface area (Å²) in [5.41, 5.74) is 5.35. The molecule has 0 amide bonds. The minimum atomic E-state index is -2.87. The molecular formula is C20H23F4N3O. The van der Waals surface area contributed by atoms with Crippen molar-refractivity contribution in [2.75, 3.05) is 6.61 Å². The first-order chi connectivity index (χ1) is 13.1. The van der Waals surface area contributed by atoms with Crippen LogP contribution in [0.2, 0.25) is 0 Å². The molecule has 0 aromatic carbocycles. The van der Waals surface area contributed by atoms with E-state index in [0.29, 0.717) is 0 Å². The molecule has 1 fully saturated rings. The zero-order chi connectivity index (χ0) is 20.5. The Morgan fingerprint density at radius 3 is 2.46 bits per heavy atom. The fraction of sp³-hybridized carbons (Fsp3) is 0.500. The fourth-order valence-electron chi connectivity index (χ4n) is 3.69. The van der Waals surface area contributed by atoms with E-state index in [0.717, 1.165) is 25.3 Å². The largest absolute Gasteiger partial charge is 0.490 e. The van der Waals surface area contributed by atoms with Crippen molar-refractivity contribution in [3.63, 3.8) is 0 Å². The van der Waals surface area contributed by atoms with Crippen LogP contribution in [0, 0.1) is 5.41 Å². The molecule has 0 unspecified atom stereocenters. The number of aromatic nitrogens is 2. The average molecular weight is 397 g/mol. The van der Waals surface area contributed by atoms with E-state index < -0.39 is 29.8 Å². The Bertz CT molecular complexity index is 844. The van der Waals surface area contributed by atoms with Gasteiger partial charge in [-0.1, -0.05) is 13.8 Å². The standard InChI is InChI=1S/C20H23F4N3O/c1-19(2)6-7-20(25,10-19)11-28-15-4-3-13(27-16(15)18(23)24)12-5-8-26-14(9-12)17(21)22/h3-5,8-9,17-18H,6-7,10-11,25H2,1-2H3/t20-/m1/s1. The molecule has 0 radical (unpaired) electrons. The zero-order valence-corrected chi connectivity index (χ0v) is 15.8. The average Bonchev–Trinajstić information content (AvgIpc) is 2.93. The summed E-state index contributed by atoms with van der Waals surface area (Å²) in [6.45, 7) is 4.35. The number of nitrogens with two attached hydrogens (primary N) is 1. The molecule has 3 rings (SSSR count). The molecule has 2 heterocycles. The summed E-state index contributed by atoms with van der Waals surface area (Å²) in [5.74, 6) is -0.0450. The van der Waals surface area contributed by atoms with Gasteiger partial charge in [0.05, 0.1) is 11.2 Å². The topological polar surface area (TPSA) is 61.0 Å². The monoisotopic (exact) mass is 397 g/mol. The van der Waals surface area contributed by atoms with Gasteiger partial charge in [-0.25, -0.2) is 22.5 Å². The van der Waals surface area contributed by atoms with Gasteiger partial charge in [0, 0.05) is 11.8 Å². The predicted molar refractivity (Wildman–Crippen MR) is 97.4 cm³/mol. The quantitative estimate of drug-likeness (QED) is 0.672. The normalized spacial score (nSPS) is 21.5. The van der Waals surface area contributed by atoms with Gasteiger partial charge in [-0.15, -0.1) is 0 Å². The number of halogens is 4. The summed E-state index contributed by atoms with van der Waals surface area (Å²) in [6.07, 6.45) is -1.99. The molecule has 1 atom stereocenters. The lowest BCUT2D eigenvalue weighted by atomic mass is 9.88. The molecule has 8 heteroatoms.